The normalized spacial score (nSPS) is 10.7. The fourth-order valence-electron chi connectivity index (χ4n) is 1.41. The third-order valence-electron chi connectivity index (χ3n) is 2.00. The Morgan fingerprint density at radius 2 is 2.31 bits per heavy atom. The Morgan fingerprint density at radius 1 is 1.62 bits per heavy atom. The molecule has 7 heteroatoms. The van der Waals surface area contributed by atoms with Crippen molar-refractivity contribution in [2.45, 2.75) is 31.8 Å². The zero-order chi connectivity index (χ0) is 12.1. The summed E-state index contributed by atoms with van der Waals surface area (Å²) in [4.78, 5) is 10.5. The van der Waals surface area contributed by atoms with E-state index in [4.69, 9.17) is 5.11 Å². The summed E-state index contributed by atoms with van der Waals surface area (Å²) < 4.78 is 1.65. The first-order valence-electron chi connectivity index (χ1n) is 5.07. The van der Waals surface area contributed by atoms with Gasteiger partial charge >= 0.3 is 5.69 Å². The van der Waals surface area contributed by atoms with Crippen LogP contribution in [0, 0.1) is 17.0 Å². The number of hydrogen-bond acceptors (Lipinski definition) is 5. The Kier molecular flexibility index (Phi) is 4.75. The standard InChI is InChI=1S/C9H15N3O3S/c1-3-4-11-9(16-6-5-13)8(12(14)15)7(2)10-11/h13H,3-6H2,1-2H3. The zero-order valence-electron chi connectivity index (χ0n) is 9.34. The number of aliphatic hydroxyl groups excluding tert-OH is 1. The van der Waals surface area contributed by atoms with Crippen LogP contribution in [0.2, 0.25) is 0 Å². The van der Waals surface area contributed by atoms with Gasteiger partial charge in [-0.15, -0.1) is 0 Å². The summed E-state index contributed by atoms with van der Waals surface area (Å²) in [5, 5.41) is 24.4. The maximum absolute atomic E-state index is 10.9. The smallest absolute Gasteiger partial charge is 0.323 e. The van der Waals surface area contributed by atoms with Crippen LogP contribution in [-0.4, -0.2) is 32.2 Å². The lowest BCUT2D eigenvalue weighted by atomic mass is 10.4. The maximum atomic E-state index is 10.9. The van der Waals surface area contributed by atoms with Gasteiger partial charge in [0.1, 0.15) is 5.69 Å². The van der Waals surface area contributed by atoms with Gasteiger partial charge in [-0.25, -0.2) is 0 Å². The predicted molar refractivity (Wildman–Crippen MR) is 61.7 cm³/mol. The molecule has 0 unspecified atom stereocenters. The number of nitro groups is 1. The minimum absolute atomic E-state index is 0.00181. The Morgan fingerprint density at radius 3 is 2.81 bits per heavy atom. The summed E-state index contributed by atoms with van der Waals surface area (Å²) in [7, 11) is 0. The quantitative estimate of drug-likeness (QED) is 0.467. The molecule has 0 aromatic carbocycles. The third kappa shape index (κ3) is 2.73. The van der Waals surface area contributed by atoms with E-state index in [0.717, 1.165) is 6.42 Å². The molecule has 0 aliphatic carbocycles. The Balaban J connectivity index is 3.09. The van der Waals surface area contributed by atoms with E-state index in [-0.39, 0.29) is 12.3 Å². The van der Waals surface area contributed by atoms with Crippen LogP contribution in [0.25, 0.3) is 0 Å². The maximum Gasteiger partial charge on any atom is 0.323 e. The van der Waals surface area contributed by atoms with Crippen molar-refractivity contribution in [2.75, 3.05) is 12.4 Å². The van der Waals surface area contributed by atoms with Gasteiger partial charge in [0.15, 0.2) is 5.03 Å². The van der Waals surface area contributed by atoms with E-state index in [2.05, 4.69) is 5.10 Å². The average Bonchev–Trinajstić information content (AvgIpc) is 2.52. The molecule has 0 amide bonds. The summed E-state index contributed by atoms with van der Waals surface area (Å²) in [6.45, 7) is 4.28. The molecule has 0 atom stereocenters. The number of rotatable bonds is 6. The molecule has 90 valence electrons. The Labute approximate surface area is 97.8 Å². The number of hydrogen-bond donors (Lipinski definition) is 1. The average molecular weight is 245 g/mol. The van der Waals surface area contributed by atoms with E-state index < -0.39 is 4.92 Å². The third-order valence-corrected chi connectivity index (χ3v) is 3.06. The lowest BCUT2D eigenvalue weighted by Crippen LogP contribution is -2.02. The van der Waals surface area contributed by atoms with E-state index in [1.807, 2.05) is 6.92 Å². The number of thioether (sulfide) groups is 1. The first-order chi connectivity index (χ1) is 7.61. The second-order valence-corrected chi connectivity index (χ2v) is 4.38. The molecule has 1 N–H and O–H groups in total. The molecule has 0 aliphatic heterocycles. The van der Waals surface area contributed by atoms with Gasteiger partial charge in [-0.1, -0.05) is 18.7 Å². The van der Waals surface area contributed by atoms with Gasteiger partial charge < -0.3 is 5.11 Å². The van der Waals surface area contributed by atoms with Gasteiger partial charge in [-0.2, -0.15) is 5.10 Å². The first kappa shape index (κ1) is 13.0. The minimum Gasteiger partial charge on any atom is -0.396 e. The molecule has 0 radical (unpaired) electrons. The highest BCUT2D eigenvalue weighted by Gasteiger charge is 2.24. The predicted octanol–water partition coefficient (Wildman–Crippen LogP) is 1.59. The summed E-state index contributed by atoms with van der Waals surface area (Å²) in [5.41, 5.74) is 0.491. The van der Waals surface area contributed by atoms with Crippen LogP contribution in [0.3, 0.4) is 0 Å². The second kappa shape index (κ2) is 5.86. The first-order valence-corrected chi connectivity index (χ1v) is 6.05. The molecule has 0 aliphatic rings. The van der Waals surface area contributed by atoms with Crippen LogP contribution in [-0.2, 0) is 6.54 Å². The molecule has 0 spiro atoms. The summed E-state index contributed by atoms with van der Waals surface area (Å²) in [6, 6.07) is 0. The van der Waals surface area contributed by atoms with Gasteiger partial charge in [-0.3, -0.25) is 14.8 Å². The largest absolute Gasteiger partial charge is 0.396 e. The highest BCUT2D eigenvalue weighted by atomic mass is 32.2. The molecule has 0 saturated carbocycles. The number of aliphatic hydroxyl groups is 1. The van der Waals surface area contributed by atoms with Crippen molar-refractivity contribution in [1.82, 2.24) is 9.78 Å². The van der Waals surface area contributed by atoms with E-state index in [1.54, 1.807) is 11.6 Å². The van der Waals surface area contributed by atoms with E-state index in [1.165, 1.54) is 11.8 Å². The van der Waals surface area contributed by atoms with Crippen molar-refractivity contribution in [3.63, 3.8) is 0 Å². The molecule has 0 bridgehead atoms. The van der Waals surface area contributed by atoms with Gasteiger partial charge in [0.05, 0.1) is 11.5 Å². The molecule has 1 heterocycles. The van der Waals surface area contributed by atoms with Crippen molar-refractivity contribution in [3.8, 4) is 0 Å². The molecule has 1 aromatic rings. The monoisotopic (exact) mass is 245 g/mol. The van der Waals surface area contributed by atoms with E-state index >= 15 is 0 Å². The topological polar surface area (TPSA) is 81.2 Å². The van der Waals surface area contributed by atoms with Crippen molar-refractivity contribution < 1.29 is 10.0 Å². The number of aryl methyl sites for hydroxylation is 2. The second-order valence-electron chi connectivity index (χ2n) is 3.29. The van der Waals surface area contributed by atoms with Gasteiger partial charge in [-0.05, 0) is 13.3 Å². The molecule has 0 fully saturated rings. The van der Waals surface area contributed by atoms with Crippen LogP contribution in [0.1, 0.15) is 19.0 Å². The lowest BCUT2D eigenvalue weighted by Gasteiger charge is -2.03. The van der Waals surface area contributed by atoms with Gasteiger partial charge in [0.25, 0.3) is 0 Å². The summed E-state index contributed by atoms with van der Waals surface area (Å²) in [5.74, 6) is 0.440. The van der Waals surface area contributed by atoms with Crippen molar-refractivity contribution >= 4 is 17.4 Å². The fraction of sp³-hybridized carbons (Fsp3) is 0.667. The fourth-order valence-corrected chi connectivity index (χ4v) is 2.33. The minimum atomic E-state index is -0.409. The molecule has 6 nitrogen and oxygen atoms in total. The van der Waals surface area contributed by atoms with Crippen molar-refractivity contribution in [3.05, 3.63) is 15.8 Å². The number of aromatic nitrogens is 2. The molecule has 1 rings (SSSR count). The van der Waals surface area contributed by atoms with Crippen LogP contribution in [0.5, 0.6) is 0 Å². The van der Waals surface area contributed by atoms with Gasteiger partial charge in [0, 0.05) is 12.3 Å². The Bertz CT molecular complexity index is 378. The van der Waals surface area contributed by atoms with Crippen LogP contribution >= 0.6 is 11.8 Å². The summed E-state index contributed by atoms with van der Waals surface area (Å²) in [6.07, 6.45) is 0.866. The van der Waals surface area contributed by atoms with Crippen molar-refractivity contribution in [1.29, 1.82) is 0 Å². The molecule has 16 heavy (non-hydrogen) atoms. The highest BCUT2D eigenvalue weighted by Crippen LogP contribution is 2.31. The SMILES string of the molecule is CCCn1nc(C)c([N+](=O)[O-])c1SCCO. The lowest BCUT2D eigenvalue weighted by molar-refractivity contribution is -0.388. The van der Waals surface area contributed by atoms with E-state index in [9.17, 15) is 10.1 Å². The zero-order valence-corrected chi connectivity index (χ0v) is 10.2. The van der Waals surface area contributed by atoms with Crippen LogP contribution in [0.4, 0.5) is 5.69 Å². The van der Waals surface area contributed by atoms with Crippen LogP contribution < -0.4 is 0 Å². The Hall–Kier alpha value is -1.08. The van der Waals surface area contributed by atoms with Crippen LogP contribution in [0.15, 0.2) is 5.03 Å². The molecule has 0 saturated heterocycles. The van der Waals surface area contributed by atoms with Crippen molar-refractivity contribution in [2.24, 2.45) is 0 Å². The summed E-state index contributed by atoms with van der Waals surface area (Å²) >= 11 is 1.27. The van der Waals surface area contributed by atoms with Gasteiger partial charge in [0.2, 0.25) is 0 Å². The number of nitrogens with zero attached hydrogens (tertiary/aromatic N) is 3. The van der Waals surface area contributed by atoms with E-state index in [0.29, 0.717) is 23.0 Å². The molecular formula is C9H15N3O3S. The molecule has 1 aromatic heterocycles. The molecular weight excluding hydrogens is 230 g/mol. The highest BCUT2D eigenvalue weighted by molar-refractivity contribution is 7.99.